The maximum Gasteiger partial charge on any atom is 0.183 e. The van der Waals surface area contributed by atoms with E-state index in [0.29, 0.717) is 11.3 Å². The molecular formula is C10H17N3S2. The Morgan fingerprint density at radius 1 is 1.40 bits per heavy atom. The van der Waals surface area contributed by atoms with Crippen LogP contribution in [-0.2, 0) is 0 Å². The molecule has 0 radical (unpaired) electrons. The van der Waals surface area contributed by atoms with Crippen LogP contribution in [-0.4, -0.2) is 29.0 Å². The van der Waals surface area contributed by atoms with Crippen molar-refractivity contribution in [2.45, 2.75) is 37.0 Å². The highest BCUT2D eigenvalue weighted by Crippen LogP contribution is 2.29. The normalized spacial score (nSPS) is 27.1. The third kappa shape index (κ3) is 3.96. The molecular weight excluding hydrogens is 226 g/mol. The zero-order valence-corrected chi connectivity index (χ0v) is 10.8. The Labute approximate surface area is 100 Å². The van der Waals surface area contributed by atoms with Gasteiger partial charge in [-0.3, -0.25) is 10.3 Å². The standard InChI is InChI=1S/C10H17N3S2/c1-14-9-6-4-3-5-8(9)13-10(15-2)12-7-11/h8-9H,3-6H2,1-2H3,(H,12,13). The lowest BCUT2D eigenvalue weighted by molar-refractivity contribution is 0.456. The Morgan fingerprint density at radius 2 is 2.13 bits per heavy atom. The van der Waals surface area contributed by atoms with Gasteiger partial charge in [0.25, 0.3) is 0 Å². The topological polar surface area (TPSA) is 48.2 Å². The van der Waals surface area contributed by atoms with Crippen molar-refractivity contribution < 1.29 is 0 Å². The number of thioether (sulfide) groups is 2. The van der Waals surface area contributed by atoms with Gasteiger partial charge in [0.05, 0.1) is 6.04 Å². The molecule has 2 atom stereocenters. The first-order valence-corrected chi connectivity index (χ1v) is 7.62. The van der Waals surface area contributed by atoms with Crippen LogP contribution in [0, 0.1) is 11.5 Å². The van der Waals surface area contributed by atoms with Gasteiger partial charge in [0.2, 0.25) is 0 Å². The predicted octanol–water partition coefficient (Wildman–Crippen LogP) is 2.45. The van der Waals surface area contributed by atoms with Gasteiger partial charge in [-0.15, -0.1) is 0 Å². The van der Waals surface area contributed by atoms with Crippen LogP contribution in [0.1, 0.15) is 25.7 Å². The number of nitriles is 1. The fourth-order valence-electron chi connectivity index (χ4n) is 1.83. The van der Waals surface area contributed by atoms with E-state index in [1.807, 2.05) is 24.2 Å². The molecule has 0 heterocycles. The number of aliphatic imine (C=N–C) groups is 1. The minimum absolute atomic E-state index is 0.386. The molecule has 0 bridgehead atoms. The Morgan fingerprint density at radius 3 is 2.73 bits per heavy atom. The zero-order chi connectivity index (χ0) is 11.1. The zero-order valence-electron chi connectivity index (χ0n) is 9.19. The third-order valence-corrected chi connectivity index (χ3v) is 4.36. The minimum atomic E-state index is 0.386. The van der Waals surface area contributed by atoms with Gasteiger partial charge in [-0.05, 0) is 25.4 Å². The molecule has 1 rings (SSSR count). The van der Waals surface area contributed by atoms with E-state index in [0.717, 1.165) is 11.6 Å². The van der Waals surface area contributed by atoms with Crippen molar-refractivity contribution in [3.63, 3.8) is 0 Å². The number of amidine groups is 1. The second-order valence-corrected chi connectivity index (χ2v) is 5.37. The van der Waals surface area contributed by atoms with Crippen molar-refractivity contribution in [3.05, 3.63) is 0 Å². The molecule has 0 aromatic carbocycles. The molecule has 1 fully saturated rings. The van der Waals surface area contributed by atoms with Gasteiger partial charge < -0.3 is 0 Å². The highest BCUT2D eigenvalue weighted by Gasteiger charge is 2.24. The average Bonchev–Trinajstić information content (AvgIpc) is 2.29. The van der Waals surface area contributed by atoms with Gasteiger partial charge >= 0.3 is 0 Å². The molecule has 0 aromatic heterocycles. The van der Waals surface area contributed by atoms with E-state index < -0.39 is 0 Å². The Hall–Kier alpha value is -0.340. The molecule has 1 N–H and O–H groups in total. The van der Waals surface area contributed by atoms with Crippen LogP contribution in [0.15, 0.2) is 4.99 Å². The monoisotopic (exact) mass is 243 g/mol. The molecule has 5 heteroatoms. The molecule has 1 aliphatic rings. The van der Waals surface area contributed by atoms with Crippen molar-refractivity contribution in [1.29, 1.82) is 5.26 Å². The van der Waals surface area contributed by atoms with Gasteiger partial charge in [-0.1, -0.05) is 24.6 Å². The summed E-state index contributed by atoms with van der Waals surface area (Å²) < 4.78 is 0. The van der Waals surface area contributed by atoms with Crippen LogP contribution in [0.5, 0.6) is 0 Å². The van der Waals surface area contributed by atoms with E-state index in [1.165, 1.54) is 31.0 Å². The Balaban J connectivity index is 2.63. The molecule has 3 nitrogen and oxygen atoms in total. The molecule has 84 valence electrons. The fraction of sp³-hybridized carbons (Fsp3) is 0.800. The summed E-state index contributed by atoms with van der Waals surface area (Å²) in [5.74, 6) is 0. The largest absolute Gasteiger partial charge is 0.272 e. The van der Waals surface area contributed by atoms with E-state index >= 15 is 0 Å². The second kappa shape index (κ2) is 7.02. The summed E-state index contributed by atoms with van der Waals surface area (Å²) in [6.07, 6.45) is 11.0. The average molecular weight is 243 g/mol. The molecule has 1 saturated carbocycles. The second-order valence-electron chi connectivity index (χ2n) is 3.50. The first-order chi connectivity index (χ1) is 7.31. The summed E-state index contributed by atoms with van der Waals surface area (Å²) in [7, 11) is 0. The molecule has 15 heavy (non-hydrogen) atoms. The van der Waals surface area contributed by atoms with Crippen LogP contribution >= 0.6 is 23.5 Å². The van der Waals surface area contributed by atoms with Crippen LogP contribution < -0.4 is 5.32 Å². The highest BCUT2D eigenvalue weighted by molar-refractivity contribution is 8.13. The van der Waals surface area contributed by atoms with Crippen molar-refractivity contribution in [2.24, 2.45) is 4.99 Å². The smallest absolute Gasteiger partial charge is 0.183 e. The first kappa shape index (κ1) is 12.7. The summed E-state index contributed by atoms with van der Waals surface area (Å²) in [4.78, 5) is 4.62. The number of nitrogens with one attached hydrogen (secondary N) is 1. The van der Waals surface area contributed by atoms with Gasteiger partial charge in [-0.2, -0.15) is 17.0 Å². The summed E-state index contributed by atoms with van der Waals surface area (Å²) in [5, 5.41) is 12.6. The lowest BCUT2D eigenvalue weighted by Crippen LogP contribution is -2.28. The van der Waals surface area contributed by atoms with Gasteiger partial charge in [0, 0.05) is 5.25 Å². The Bertz CT molecular complexity index is 260. The minimum Gasteiger partial charge on any atom is -0.272 e. The van der Waals surface area contributed by atoms with E-state index in [-0.39, 0.29) is 0 Å². The van der Waals surface area contributed by atoms with E-state index in [4.69, 9.17) is 5.26 Å². The summed E-state index contributed by atoms with van der Waals surface area (Å²) in [6, 6.07) is 0.386. The van der Waals surface area contributed by atoms with Crippen LogP contribution in [0.2, 0.25) is 0 Å². The highest BCUT2D eigenvalue weighted by atomic mass is 32.2. The van der Waals surface area contributed by atoms with Crippen LogP contribution in [0.25, 0.3) is 0 Å². The number of rotatable bonds is 2. The third-order valence-electron chi connectivity index (χ3n) is 2.61. The van der Waals surface area contributed by atoms with Gasteiger partial charge in [0.15, 0.2) is 11.4 Å². The maximum atomic E-state index is 8.56. The molecule has 1 aliphatic carbocycles. The van der Waals surface area contributed by atoms with Crippen LogP contribution in [0.4, 0.5) is 0 Å². The molecule has 0 amide bonds. The van der Waals surface area contributed by atoms with E-state index in [2.05, 4.69) is 16.6 Å². The first-order valence-electron chi connectivity index (χ1n) is 5.11. The molecule has 0 saturated heterocycles. The summed E-state index contributed by atoms with van der Waals surface area (Å²) in [5.41, 5.74) is 0. The number of nitrogens with zero attached hydrogens (tertiary/aromatic N) is 2. The summed E-state index contributed by atoms with van der Waals surface area (Å²) >= 11 is 3.41. The quantitative estimate of drug-likeness (QED) is 0.350. The fourth-order valence-corrected chi connectivity index (χ4v) is 3.14. The predicted molar refractivity (Wildman–Crippen MR) is 69.3 cm³/mol. The van der Waals surface area contributed by atoms with Crippen molar-refractivity contribution in [2.75, 3.05) is 12.5 Å². The SMILES string of the molecule is CSC(=NC1CCCCC1SC)NC#N. The van der Waals surface area contributed by atoms with E-state index in [1.54, 1.807) is 0 Å². The van der Waals surface area contributed by atoms with Crippen molar-refractivity contribution in [3.8, 4) is 6.19 Å². The lowest BCUT2D eigenvalue weighted by Gasteiger charge is -2.27. The van der Waals surface area contributed by atoms with Gasteiger partial charge in [0.1, 0.15) is 0 Å². The molecule has 0 aliphatic heterocycles. The van der Waals surface area contributed by atoms with Crippen LogP contribution in [0.3, 0.4) is 0 Å². The van der Waals surface area contributed by atoms with Gasteiger partial charge in [-0.25, -0.2) is 0 Å². The maximum absolute atomic E-state index is 8.56. The summed E-state index contributed by atoms with van der Waals surface area (Å²) in [6.45, 7) is 0. The molecule has 0 spiro atoms. The van der Waals surface area contributed by atoms with Crippen molar-refractivity contribution in [1.82, 2.24) is 5.32 Å². The number of hydrogen-bond acceptors (Lipinski definition) is 4. The van der Waals surface area contributed by atoms with Crippen molar-refractivity contribution >= 4 is 28.7 Å². The lowest BCUT2D eigenvalue weighted by atomic mass is 9.95. The van der Waals surface area contributed by atoms with E-state index in [9.17, 15) is 0 Å². The number of hydrogen-bond donors (Lipinski definition) is 1. The Kier molecular flexibility index (Phi) is 5.96. The molecule has 0 aromatic rings. The molecule has 2 unspecified atom stereocenters.